The van der Waals surface area contributed by atoms with E-state index in [0.717, 1.165) is 45.9 Å². The molecular weight excluding hydrogens is 502 g/mol. The highest BCUT2D eigenvalue weighted by Gasteiger charge is 2.43. The fourth-order valence-electron chi connectivity index (χ4n) is 5.63. The van der Waals surface area contributed by atoms with Crippen LogP contribution in [0.5, 0.6) is 0 Å². The number of aromatic nitrogens is 5. The van der Waals surface area contributed by atoms with Gasteiger partial charge in [0.1, 0.15) is 11.5 Å². The first-order valence-corrected chi connectivity index (χ1v) is 13.7. The van der Waals surface area contributed by atoms with Crippen molar-refractivity contribution in [3.63, 3.8) is 0 Å². The van der Waals surface area contributed by atoms with Crippen molar-refractivity contribution >= 4 is 34.0 Å². The number of anilines is 2. The van der Waals surface area contributed by atoms with Crippen LogP contribution in [0.3, 0.4) is 0 Å². The molecule has 2 fully saturated rings. The van der Waals surface area contributed by atoms with Crippen LogP contribution in [0.2, 0.25) is 0 Å². The van der Waals surface area contributed by atoms with E-state index < -0.39 is 6.09 Å². The summed E-state index contributed by atoms with van der Waals surface area (Å²) in [7, 11) is 4.03. The van der Waals surface area contributed by atoms with Gasteiger partial charge in [0.25, 0.3) is 0 Å². The van der Waals surface area contributed by atoms with Gasteiger partial charge >= 0.3 is 6.09 Å². The van der Waals surface area contributed by atoms with E-state index in [1.54, 1.807) is 0 Å². The molecular formula is C31H31N7O2. The standard InChI is InChI=1S/C31H31N7O2/c1-18-10-11-32-30(33-18)25-13-24(25)27-14-28(36(2)3)23-8-7-22(12-26(23)35-27)38(31(39)40)17-21-16-37-15-20(19-4-5-19)6-9-29(37)34-21/h6-12,14-16,19,24-25H,4-5,13,17H2,1-3H3,(H,39,40)/t24-,25-/m0/s1. The number of carbonyl (C=O) groups is 1. The van der Waals surface area contributed by atoms with Gasteiger partial charge in [-0.05, 0) is 74.1 Å². The Kier molecular flexibility index (Phi) is 5.69. The van der Waals surface area contributed by atoms with E-state index in [2.05, 4.69) is 33.2 Å². The van der Waals surface area contributed by atoms with E-state index in [4.69, 9.17) is 9.97 Å². The Hall–Kier alpha value is -4.53. The lowest BCUT2D eigenvalue weighted by Crippen LogP contribution is -2.28. The Morgan fingerprint density at radius 1 is 1.02 bits per heavy atom. The van der Waals surface area contributed by atoms with Gasteiger partial charge in [-0.1, -0.05) is 6.07 Å². The van der Waals surface area contributed by atoms with Gasteiger partial charge in [0.15, 0.2) is 0 Å². The number of hydrogen-bond acceptors (Lipinski definition) is 6. The molecule has 40 heavy (non-hydrogen) atoms. The Morgan fingerprint density at radius 3 is 2.62 bits per heavy atom. The lowest BCUT2D eigenvalue weighted by molar-refractivity contribution is 0.201. The monoisotopic (exact) mass is 533 g/mol. The van der Waals surface area contributed by atoms with E-state index in [0.29, 0.717) is 17.3 Å². The Morgan fingerprint density at radius 2 is 1.88 bits per heavy atom. The van der Waals surface area contributed by atoms with Crippen molar-refractivity contribution in [2.24, 2.45) is 0 Å². The topological polar surface area (TPSA) is 99.8 Å². The van der Waals surface area contributed by atoms with Crippen LogP contribution in [0.15, 0.2) is 61.1 Å². The number of amides is 1. The summed E-state index contributed by atoms with van der Waals surface area (Å²) < 4.78 is 2.00. The highest BCUT2D eigenvalue weighted by molar-refractivity contribution is 5.96. The third-order valence-electron chi connectivity index (χ3n) is 8.02. The number of carboxylic acid groups (broad SMARTS) is 1. The summed E-state index contributed by atoms with van der Waals surface area (Å²) >= 11 is 0. The Labute approximate surface area is 232 Å². The number of imidazole rings is 1. The van der Waals surface area contributed by atoms with Crippen molar-refractivity contribution in [3.05, 3.63) is 89.5 Å². The van der Waals surface area contributed by atoms with Crippen LogP contribution < -0.4 is 9.80 Å². The third kappa shape index (κ3) is 4.51. The second-order valence-electron chi connectivity index (χ2n) is 11.3. The van der Waals surface area contributed by atoms with Crippen molar-refractivity contribution in [3.8, 4) is 0 Å². The van der Waals surface area contributed by atoms with Crippen LogP contribution >= 0.6 is 0 Å². The quantitative estimate of drug-likeness (QED) is 0.279. The molecule has 5 aromatic rings. The van der Waals surface area contributed by atoms with Gasteiger partial charge in [-0.25, -0.2) is 19.7 Å². The number of nitrogens with zero attached hydrogens (tertiary/aromatic N) is 7. The molecule has 0 spiro atoms. The van der Waals surface area contributed by atoms with Gasteiger partial charge in [-0.2, -0.15) is 0 Å². The summed E-state index contributed by atoms with van der Waals surface area (Å²) in [6, 6.07) is 13.9. The molecule has 4 heterocycles. The molecule has 4 aromatic heterocycles. The normalized spacial score (nSPS) is 18.3. The zero-order valence-electron chi connectivity index (χ0n) is 22.8. The van der Waals surface area contributed by atoms with E-state index in [9.17, 15) is 9.90 Å². The summed E-state index contributed by atoms with van der Waals surface area (Å²) in [5, 5.41) is 11.2. The van der Waals surface area contributed by atoms with E-state index in [1.165, 1.54) is 23.3 Å². The summed E-state index contributed by atoms with van der Waals surface area (Å²) in [6.07, 6.45) is 8.24. The fourth-order valence-corrected chi connectivity index (χ4v) is 5.63. The maximum atomic E-state index is 12.4. The molecule has 1 aromatic carbocycles. The first kappa shape index (κ1) is 24.5. The first-order chi connectivity index (χ1) is 19.3. The molecule has 2 saturated carbocycles. The maximum absolute atomic E-state index is 12.4. The molecule has 1 N–H and O–H groups in total. The van der Waals surface area contributed by atoms with Crippen molar-refractivity contribution in [2.75, 3.05) is 23.9 Å². The molecule has 1 amide bonds. The summed E-state index contributed by atoms with van der Waals surface area (Å²) in [5.74, 6) is 1.99. The molecule has 2 aliphatic carbocycles. The maximum Gasteiger partial charge on any atom is 0.412 e. The van der Waals surface area contributed by atoms with Crippen molar-refractivity contribution < 1.29 is 9.90 Å². The van der Waals surface area contributed by atoms with E-state index in [1.807, 2.05) is 68.1 Å². The molecule has 0 aliphatic heterocycles. The van der Waals surface area contributed by atoms with E-state index >= 15 is 0 Å². The Balaban J connectivity index is 1.22. The zero-order valence-corrected chi connectivity index (χ0v) is 22.8. The average molecular weight is 534 g/mol. The third-order valence-corrected chi connectivity index (χ3v) is 8.02. The molecule has 0 radical (unpaired) electrons. The fraction of sp³-hybridized carbons (Fsp3) is 0.323. The molecule has 9 nitrogen and oxygen atoms in total. The van der Waals surface area contributed by atoms with Crippen LogP contribution in [0, 0.1) is 6.92 Å². The SMILES string of the molecule is Cc1ccnc([C@H]2C[C@@H]2c2cc(N(C)C)c3ccc(N(Cc4cn5cc(C6CC6)ccc5n4)C(=O)O)cc3n2)n1. The molecule has 0 bridgehead atoms. The second kappa shape index (κ2) is 9.29. The van der Waals surface area contributed by atoms with Crippen molar-refractivity contribution in [1.29, 1.82) is 0 Å². The summed E-state index contributed by atoms with van der Waals surface area (Å²) in [6.45, 7) is 2.13. The smallest absolute Gasteiger partial charge is 0.412 e. The number of aryl methyl sites for hydroxylation is 1. The number of pyridine rings is 2. The van der Waals surface area contributed by atoms with Crippen LogP contribution in [0.4, 0.5) is 16.2 Å². The molecule has 7 rings (SSSR count). The van der Waals surface area contributed by atoms with Crippen LogP contribution in [-0.2, 0) is 6.54 Å². The van der Waals surface area contributed by atoms with Gasteiger partial charge in [0.05, 0.1) is 17.8 Å². The minimum atomic E-state index is -1.03. The average Bonchev–Trinajstić information content (AvgIpc) is 3.86. The van der Waals surface area contributed by atoms with Gasteiger partial charge in [0, 0.05) is 72.7 Å². The molecule has 0 unspecified atom stereocenters. The molecule has 0 saturated heterocycles. The predicted octanol–water partition coefficient (Wildman–Crippen LogP) is 5.88. The first-order valence-electron chi connectivity index (χ1n) is 13.7. The lowest BCUT2D eigenvalue weighted by Gasteiger charge is -2.21. The zero-order chi connectivity index (χ0) is 27.5. The predicted molar refractivity (Wildman–Crippen MR) is 154 cm³/mol. The van der Waals surface area contributed by atoms with Gasteiger partial charge in [0.2, 0.25) is 0 Å². The van der Waals surface area contributed by atoms with E-state index in [-0.39, 0.29) is 18.4 Å². The van der Waals surface area contributed by atoms with Gasteiger partial charge in [-0.15, -0.1) is 0 Å². The summed E-state index contributed by atoms with van der Waals surface area (Å²) in [5.41, 5.74) is 7.17. The summed E-state index contributed by atoms with van der Waals surface area (Å²) in [4.78, 5) is 34.7. The highest BCUT2D eigenvalue weighted by atomic mass is 16.4. The van der Waals surface area contributed by atoms with Gasteiger partial charge in [-0.3, -0.25) is 9.88 Å². The lowest BCUT2D eigenvalue weighted by atomic mass is 10.1. The van der Waals surface area contributed by atoms with Crippen LogP contribution in [0.1, 0.15) is 65.5 Å². The molecule has 9 heteroatoms. The Bertz CT molecular complexity index is 1770. The van der Waals surface area contributed by atoms with Gasteiger partial charge < -0.3 is 14.4 Å². The van der Waals surface area contributed by atoms with Crippen LogP contribution in [0.25, 0.3) is 16.6 Å². The number of rotatable bonds is 7. The largest absolute Gasteiger partial charge is 0.465 e. The van der Waals surface area contributed by atoms with Crippen molar-refractivity contribution in [1.82, 2.24) is 24.3 Å². The highest BCUT2D eigenvalue weighted by Crippen LogP contribution is 2.53. The number of benzene rings is 1. The molecule has 202 valence electrons. The minimum absolute atomic E-state index is 0.150. The molecule has 2 atom stereocenters. The number of fused-ring (bicyclic) bond motifs is 2. The van der Waals surface area contributed by atoms with Crippen molar-refractivity contribution in [2.45, 2.75) is 50.5 Å². The second-order valence-corrected chi connectivity index (χ2v) is 11.3. The molecule has 2 aliphatic rings. The number of hydrogen-bond donors (Lipinski definition) is 1. The van der Waals surface area contributed by atoms with Crippen LogP contribution in [-0.4, -0.2) is 49.6 Å². The minimum Gasteiger partial charge on any atom is -0.465 e.